The number of nitrogens with zero attached hydrogens (tertiary/aromatic N) is 1. The standard InChI is InChI=1S/C12H11N3S/c1-2-4-12-11(3-1)9(8-16-12)5-13-10-6-14-15-7-10/h1-4,6-8,13H,5H2,(H,14,15). The highest BCUT2D eigenvalue weighted by Gasteiger charge is 2.02. The monoisotopic (exact) mass is 229 g/mol. The number of hydrogen-bond donors (Lipinski definition) is 2. The second-order valence-electron chi connectivity index (χ2n) is 3.60. The Morgan fingerprint density at radius 2 is 2.25 bits per heavy atom. The van der Waals surface area contributed by atoms with Gasteiger partial charge in [0.15, 0.2) is 0 Å². The van der Waals surface area contributed by atoms with Crippen molar-refractivity contribution in [1.29, 1.82) is 0 Å². The second kappa shape index (κ2) is 3.98. The normalized spacial score (nSPS) is 10.8. The third-order valence-electron chi connectivity index (χ3n) is 2.54. The van der Waals surface area contributed by atoms with Crippen molar-refractivity contribution in [3.63, 3.8) is 0 Å². The number of rotatable bonds is 3. The molecule has 0 unspecified atom stereocenters. The average molecular weight is 229 g/mol. The van der Waals surface area contributed by atoms with Crippen LogP contribution < -0.4 is 5.32 Å². The van der Waals surface area contributed by atoms with Crippen molar-refractivity contribution in [2.75, 3.05) is 5.32 Å². The fourth-order valence-corrected chi connectivity index (χ4v) is 2.68. The van der Waals surface area contributed by atoms with Crippen molar-refractivity contribution >= 4 is 27.1 Å². The Morgan fingerprint density at radius 1 is 1.31 bits per heavy atom. The first kappa shape index (κ1) is 9.42. The van der Waals surface area contributed by atoms with Crippen molar-refractivity contribution in [2.45, 2.75) is 6.54 Å². The van der Waals surface area contributed by atoms with E-state index >= 15 is 0 Å². The van der Waals surface area contributed by atoms with Crippen molar-refractivity contribution in [1.82, 2.24) is 10.2 Å². The zero-order valence-corrected chi connectivity index (χ0v) is 9.42. The van der Waals surface area contributed by atoms with Crippen molar-refractivity contribution in [3.8, 4) is 0 Å². The van der Waals surface area contributed by atoms with Crippen LogP contribution in [0.3, 0.4) is 0 Å². The summed E-state index contributed by atoms with van der Waals surface area (Å²) in [6, 6.07) is 8.47. The molecular weight excluding hydrogens is 218 g/mol. The van der Waals surface area contributed by atoms with Gasteiger partial charge in [-0.05, 0) is 22.4 Å². The van der Waals surface area contributed by atoms with Crippen molar-refractivity contribution in [2.24, 2.45) is 0 Å². The molecule has 0 saturated carbocycles. The van der Waals surface area contributed by atoms with Gasteiger partial charge in [-0.3, -0.25) is 5.10 Å². The molecule has 80 valence electrons. The summed E-state index contributed by atoms with van der Waals surface area (Å²) in [6.07, 6.45) is 3.64. The molecule has 2 N–H and O–H groups in total. The zero-order chi connectivity index (χ0) is 10.8. The summed E-state index contributed by atoms with van der Waals surface area (Å²) >= 11 is 1.79. The zero-order valence-electron chi connectivity index (χ0n) is 8.60. The number of H-pyrrole nitrogens is 1. The van der Waals surface area contributed by atoms with Gasteiger partial charge in [0.25, 0.3) is 0 Å². The van der Waals surface area contributed by atoms with E-state index in [1.807, 2.05) is 6.20 Å². The second-order valence-corrected chi connectivity index (χ2v) is 4.51. The molecule has 2 aromatic heterocycles. The number of benzene rings is 1. The molecular formula is C12H11N3S. The van der Waals surface area contributed by atoms with E-state index in [2.05, 4.69) is 45.2 Å². The van der Waals surface area contributed by atoms with Crippen LogP contribution in [0.15, 0.2) is 42.0 Å². The predicted molar refractivity (Wildman–Crippen MR) is 67.7 cm³/mol. The molecule has 0 bridgehead atoms. The predicted octanol–water partition coefficient (Wildman–Crippen LogP) is 3.24. The number of anilines is 1. The van der Waals surface area contributed by atoms with Gasteiger partial charge >= 0.3 is 0 Å². The van der Waals surface area contributed by atoms with Crippen LogP contribution >= 0.6 is 11.3 Å². The molecule has 2 heterocycles. The first-order chi connectivity index (χ1) is 7.93. The maximum atomic E-state index is 3.90. The molecule has 3 nitrogen and oxygen atoms in total. The first-order valence-electron chi connectivity index (χ1n) is 5.11. The Kier molecular flexibility index (Phi) is 2.34. The summed E-state index contributed by atoms with van der Waals surface area (Å²) in [5.41, 5.74) is 2.36. The molecule has 16 heavy (non-hydrogen) atoms. The van der Waals surface area contributed by atoms with E-state index in [0.717, 1.165) is 12.2 Å². The fourth-order valence-electron chi connectivity index (χ4n) is 1.71. The first-order valence-corrected chi connectivity index (χ1v) is 5.99. The Bertz CT molecular complexity index is 583. The van der Waals surface area contributed by atoms with Gasteiger partial charge in [0, 0.05) is 17.4 Å². The van der Waals surface area contributed by atoms with Gasteiger partial charge in [-0.15, -0.1) is 11.3 Å². The number of aromatic amines is 1. The summed E-state index contributed by atoms with van der Waals surface area (Å²) in [5, 5.41) is 13.6. The van der Waals surface area contributed by atoms with Crippen molar-refractivity contribution < 1.29 is 0 Å². The van der Waals surface area contributed by atoms with Gasteiger partial charge in [0.05, 0.1) is 11.9 Å². The van der Waals surface area contributed by atoms with Crippen molar-refractivity contribution in [3.05, 3.63) is 47.6 Å². The lowest BCUT2D eigenvalue weighted by atomic mass is 10.2. The van der Waals surface area contributed by atoms with Gasteiger partial charge < -0.3 is 5.32 Å². The highest BCUT2D eigenvalue weighted by atomic mass is 32.1. The lowest BCUT2D eigenvalue weighted by Gasteiger charge is -2.01. The minimum atomic E-state index is 0.837. The molecule has 0 aliphatic rings. The Morgan fingerprint density at radius 3 is 3.12 bits per heavy atom. The van der Waals surface area contributed by atoms with Gasteiger partial charge in [-0.1, -0.05) is 18.2 Å². The Balaban J connectivity index is 1.84. The molecule has 0 saturated heterocycles. The quantitative estimate of drug-likeness (QED) is 0.724. The van der Waals surface area contributed by atoms with Crippen LogP contribution in [0.25, 0.3) is 10.1 Å². The van der Waals surface area contributed by atoms with Crippen LogP contribution in [0.5, 0.6) is 0 Å². The van der Waals surface area contributed by atoms with Crippen LogP contribution in [0, 0.1) is 0 Å². The third kappa shape index (κ3) is 1.67. The van der Waals surface area contributed by atoms with Gasteiger partial charge in [-0.2, -0.15) is 5.10 Å². The molecule has 0 spiro atoms. The smallest absolute Gasteiger partial charge is 0.0726 e. The summed E-state index contributed by atoms with van der Waals surface area (Å²) < 4.78 is 1.34. The molecule has 1 aromatic carbocycles. The van der Waals surface area contributed by atoms with E-state index in [1.165, 1.54) is 15.6 Å². The summed E-state index contributed by atoms with van der Waals surface area (Å²) in [5.74, 6) is 0. The highest BCUT2D eigenvalue weighted by Crippen LogP contribution is 2.26. The number of aromatic nitrogens is 2. The van der Waals surface area contributed by atoms with E-state index in [0.29, 0.717) is 0 Å². The van der Waals surface area contributed by atoms with Crippen LogP contribution in [0.2, 0.25) is 0 Å². The molecule has 4 heteroatoms. The Hall–Kier alpha value is -1.81. The Labute approximate surface area is 97.1 Å². The molecule has 0 fully saturated rings. The number of thiophene rings is 1. The SMILES string of the molecule is c1ccc2c(CNc3cn[nH]c3)csc2c1. The van der Waals surface area contributed by atoms with Crippen LogP contribution in [0.1, 0.15) is 5.56 Å². The molecule has 0 radical (unpaired) electrons. The van der Waals surface area contributed by atoms with E-state index < -0.39 is 0 Å². The molecule has 3 aromatic rings. The number of nitrogens with one attached hydrogen (secondary N) is 2. The minimum absolute atomic E-state index is 0.837. The maximum Gasteiger partial charge on any atom is 0.0726 e. The molecule has 0 aliphatic heterocycles. The van der Waals surface area contributed by atoms with Crippen LogP contribution in [-0.2, 0) is 6.54 Å². The highest BCUT2D eigenvalue weighted by molar-refractivity contribution is 7.17. The number of hydrogen-bond acceptors (Lipinski definition) is 3. The maximum absolute atomic E-state index is 3.90. The van der Waals surface area contributed by atoms with E-state index in [4.69, 9.17) is 0 Å². The minimum Gasteiger partial charge on any atom is -0.378 e. The summed E-state index contributed by atoms with van der Waals surface area (Å²) in [7, 11) is 0. The van der Waals surface area contributed by atoms with Gasteiger partial charge in [-0.25, -0.2) is 0 Å². The number of fused-ring (bicyclic) bond motifs is 1. The van der Waals surface area contributed by atoms with E-state index in [1.54, 1.807) is 17.5 Å². The average Bonchev–Trinajstić information content (AvgIpc) is 2.96. The molecule has 3 rings (SSSR count). The summed E-state index contributed by atoms with van der Waals surface area (Å²) in [4.78, 5) is 0. The molecule has 0 amide bonds. The largest absolute Gasteiger partial charge is 0.378 e. The fraction of sp³-hybridized carbons (Fsp3) is 0.0833. The lowest BCUT2D eigenvalue weighted by Crippen LogP contribution is -1.96. The van der Waals surface area contributed by atoms with Gasteiger partial charge in [0.2, 0.25) is 0 Å². The van der Waals surface area contributed by atoms with Crippen LogP contribution in [-0.4, -0.2) is 10.2 Å². The third-order valence-corrected chi connectivity index (χ3v) is 3.55. The topological polar surface area (TPSA) is 40.7 Å². The summed E-state index contributed by atoms with van der Waals surface area (Å²) in [6.45, 7) is 0.837. The van der Waals surface area contributed by atoms with E-state index in [-0.39, 0.29) is 0 Å². The molecule has 0 aliphatic carbocycles. The lowest BCUT2D eigenvalue weighted by molar-refractivity contribution is 1.09. The molecule has 0 atom stereocenters. The van der Waals surface area contributed by atoms with Crippen LogP contribution in [0.4, 0.5) is 5.69 Å². The van der Waals surface area contributed by atoms with Gasteiger partial charge in [0.1, 0.15) is 0 Å². The van der Waals surface area contributed by atoms with E-state index in [9.17, 15) is 0 Å².